The van der Waals surface area contributed by atoms with Crippen LogP contribution in [-0.2, 0) is 20.7 Å². The van der Waals surface area contributed by atoms with Gasteiger partial charge in [-0.05, 0) is 37.1 Å². The van der Waals surface area contributed by atoms with Gasteiger partial charge in [0.15, 0.2) is 11.5 Å². The molecule has 0 aliphatic carbocycles. The number of aromatic nitrogens is 2. The van der Waals surface area contributed by atoms with Crippen LogP contribution in [0.3, 0.4) is 0 Å². The molecule has 1 aromatic heterocycles. The second-order valence-electron chi connectivity index (χ2n) is 8.32. The number of ether oxygens (including phenoxy) is 1. The van der Waals surface area contributed by atoms with Crippen molar-refractivity contribution in [3.8, 4) is 11.5 Å². The number of barbiturate groups is 1. The number of imide groups is 2. The Morgan fingerprint density at radius 1 is 1.15 bits per heavy atom. The Morgan fingerprint density at radius 2 is 1.85 bits per heavy atom. The summed E-state index contributed by atoms with van der Waals surface area (Å²) < 4.78 is 51.4. The van der Waals surface area contributed by atoms with Gasteiger partial charge >= 0.3 is 12.2 Å². The molecule has 33 heavy (non-hydrogen) atoms. The number of nitrogens with one attached hydrogen (secondary N) is 2. The Morgan fingerprint density at radius 3 is 2.45 bits per heavy atom. The van der Waals surface area contributed by atoms with Gasteiger partial charge in [-0.2, -0.15) is 13.2 Å². The maximum absolute atomic E-state index is 13.6. The minimum Gasteiger partial charge on any atom is -0.421 e. The van der Waals surface area contributed by atoms with Crippen LogP contribution in [0.5, 0.6) is 0 Å². The van der Waals surface area contributed by atoms with Crippen molar-refractivity contribution in [1.82, 2.24) is 20.8 Å². The molecule has 4 amide bonds. The number of nitrogens with zero attached hydrogens (tertiary/aromatic N) is 3. The molecule has 4 heterocycles. The van der Waals surface area contributed by atoms with E-state index in [0.717, 1.165) is 0 Å². The largest absolute Gasteiger partial charge is 0.421 e. The van der Waals surface area contributed by atoms with Gasteiger partial charge < -0.3 is 14.1 Å². The number of carbonyl (C=O) groups is 3. The first-order valence-corrected chi connectivity index (χ1v) is 10.1. The summed E-state index contributed by atoms with van der Waals surface area (Å²) in [5.41, 5.74) is -0.564. The van der Waals surface area contributed by atoms with Gasteiger partial charge in [-0.25, -0.2) is 4.79 Å². The van der Waals surface area contributed by atoms with Gasteiger partial charge in [0.25, 0.3) is 0 Å². The van der Waals surface area contributed by atoms with Gasteiger partial charge in [-0.3, -0.25) is 20.2 Å². The lowest BCUT2D eigenvalue weighted by atomic mass is 9.66. The first-order valence-electron chi connectivity index (χ1n) is 10.1. The molecule has 0 unspecified atom stereocenters. The zero-order chi connectivity index (χ0) is 23.7. The minimum atomic E-state index is -4.65. The standard InChI is InChI=1S/C20H18F3N5O5/c1-8-14-19(16(29)24-18(31)25-17(19)30)6-11-5-10(15-27-26-9(2)33-15)3-4-12(11)28(14)7-13(32-8)20(21,22)23/h3-5,8,13-14H,6-7H2,1-2H3,(H2,24,25,29,30,31)/t8-,13-,14+/m0/s1. The van der Waals surface area contributed by atoms with Crippen LogP contribution in [0.25, 0.3) is 11.5 Å². The van der Waals surface area contributed by atoms with Crippen LogP contribution in [0.1, 0.15) is 18.4 Å². The van der Waals surface area contributed by atoms with Crippen LogP contribution in [0, 0.1) is 12.3 Å². The lowest BCUT2D eigenvalue weighted by molar-refractivity contribution is -0.242. The molecule has 3 aliphatic rings. The van der Waals surface area contributed by atoms with Crippen molar-refractivity contribution in [2.75, 3.05) is 11.4 Å². The van der Waals surface area contributed by atoms with Crippen molar-refractivity contribution < 1.29 is 36.7 Å². The molecule has 3 aliphatic heterocycles. The molecule has 0 radical (unpaired) electrons. The predicted molar refractivity (Wildman–Crippen MR) is 104 cm³/mol. The number of amides is 4. The van der Waals surface area contributed by atoms with Crippen LogP contribution >= 0.6 is 0 Å². The Bertz CT molecular complexity index is 1160. The number of rotatable bonds is 1. The second kappa shape index (κ2) is 7.01. The Balaban J connectivity index is 1.67. The van der Waals surface area contributed by atoms with E-state index >= 15 is 0 Å². The fourth-order valence-corrected chi connectivity index (χ4v) is 4.97. The second-order valence-corrected chi connectivity index (χ2v) is 8.32. The number of urea groups is 1. The highest BCUT2D eigenvalue weighted by Crippen LogP contribution is 2.48. The van der Waals surface area contributed by atoms with Gasteiger partial charge in [0.1, 0.15) is 0 Å². The number of fused-ring (bicyclic) bond motifs is 4. The molecule has 1 aromatic carbocycles. The average molecular weight is 465 g/mol. The molecule has 0 bridgehead atoms. The van der Waals surface area contributed by atoms with Crippen molar-refractivity contribution in [1.29, 1.82) is 0 Å². The normalized spacial score (nSPS) is 26.5. The fourth-order valence-electron chi connectivity index (χ4n) is 4.97. The summed E-state index contributed by atoms with van der Waals surface area (Å²) in [6, 6.07) is 2.75. The van der Waals surface area contributed by atoms with Crippen molar-refractivity contribution >= 4 is 23.5 Å². The molecule has 174 valence electrons. The third-order valence-corrected chi connectivity index (χ3v) is 6.29. The number of hydrogen-bond acceptors (Lipinski definition) is 8. The molecule has 13 heteroatoms. The molecular formula is C20H18F3N5O5. The van der Waals surface area contributed by atoms with E-state index in [4.69, 9.17) is 9.15 Å². The summed E-state index contributed by atoms with van der Waals surface area (Å²) in [6.45, 7) is 2.37. The molecule has 3 atom stereocenters. The monoisotopic (exact) mass is 465 g/mol. The number of morpholine rings is 1. The van der Waals surface area contributed by atoms with Crippen LogP contribution in [0.2, 0.25) is 0 Å². The molecule has 1 spiro atoms. The van der Waals surface area contributed by atoms with E-state index in [1.165, 1.54) is 11.8 Å². The van der Waals surface area contributed by atoms with Crippen LogP contribution in [-0.4, -0.2) is 59.0 Å². The van der Waals surface area contributed by atoms with Gasteiger partial charge in [0.05, 0.1) is 18.7 Å². The summed E-state index contributed by atoms with van der Waals surface area (Å²) in [6.07, 6.45) is -8.10. The number of halogens is 3. The van der Waals surface area contributed by atoms with E-state index < -0.39 is 54.2 Å². The molecule has 2 aromatic rings. The molecule has 5 rings (SSSR count). The topological polar surface area (TPSA) is 127 Å². The van der Waals surface area contributed by atoms with Gasteiger partial charge in [0.2, 0.25) is 23.6 Å². The Labute approximate surface area is 184 Å². The lowest BCUT2D eigenvalue weighted by Gasteiger charge is -2.55. The fraction of sp³-hybridized carbons (Fsp3) is 0.450. The highest BCUT2D eigenvalue weighted by Gasteiger charge is 2.64. The van der Waals surface area contributed by atoms with Gasteiger partial charge in [-0.15, -0.1) is 10.2 Å². The molecule has 0 saturated carbocycles. The maximum atomic E-state index is 13.6. The number of hydrogen-bond donors (Lipinski definition) is 2. The SMILES string of the molecule is Cc1nnc(-c2ccc3c(c2)CC2(C(=O)NC(=O)NC2=O)[C@H]2[C@H](C)O[C@H](C(F)(F)F)CN32)o1. The predicted octanol–water partition coefficient (Wildman–Crippen LogP) is 1.48. The zero-order valence-corrected chi connectivity index (χ0v) is 17.4. The quantitative estimate of drug-likeness (QED) is 0.607. The first kappa shape index (κ1) is 21.4. The van der Waals surface area contributed by atoms with Crippen molar-refractivity contribution in [3.63, 3.8) is 0 Å². The van der Waals surface area contributed by atoms with Crippen LogP contribution < -0.4 is 15.5 Å². The van der Waals surface area contributed by atoms with E-state index in [1.807, 2.05) is 0 Å². The van der Waals surface area contributed by atoms with E-state index in [-0.39, 0.29) is 12.3 Å². The third-order valence-electron chi connectivity index (χ3n) is 6.29. The Hall–Kier alpha value is -3.48. The third kappa shape index (κ3) is 3.17. The van der Waals surface area contributed by atoms with Gasteiger partial charge in [-0.1, -0.05) is 0 Å². The van der Waals surface area contributed by atoms with Crippen molar-refractivity contribution in [2.45, 2.75) is 44.7 Å². The molecule has 2 saturated heterocycles. The maximum Gasteiger partial charge on any atom is 0.416 e. The summed E-state index contributed by atoms with van der Waals surface area (Å²) >= 11 is 0. The van der Waals surface area contributed by atoms with E-state index in [2.05, 4.69) is 20.8 Å². The molecular weight excluding hydrogens is 447 g/mol. The summed E-state index contributed by atoms with van der Waals surface area (Å²) in [7, 11) is 0. The summed E-state index contributed by atoms with van der Waals surface area (Å²) in [5.74, 6) is -1.28. The summed E-state index contributed by atoms with van der Waals surface area (Å²) in [5, 5.41) is 11.9. The van der Waals surface area contributed by atoms with E-state index in [0.29, 0.717) is 22.7 Å². The van der Waals surface area contributed by atoms with Crippen molar-refractivity contribution in [3.05, 3.63) is 29.7 Å². The van der Waals surface area contributed by atoms with Crippen molar-refractivity contribution in [2.24, 2.45) is 5.41 Å². The van der Waals surface area contributed by atoms with E-state index in [9.17, 15) is 27.6 Å². The number of benzene rings is 1. The number of aryl methyl sites for hydroxylation is 1. The van der Waals surface area contributed by atoms with Crippen LogP contribution in [0.4, 0.5) is 23.7 Å². The van der Waals surface area contributed by atoms with Gasteiger partial charge in [0, 0.05) is 18.2 Å². The highest BCUT2D eigenvalue weighted by molar-refractivity contribution is 6.20. The number of carbonyl (C=O) groups excluding carboxylic acids is 3. The van der Waals surface area contributed by atoms with E-state index in [1.54, 1.807) is 25.1 Å². The number of alkyl halides is 3. The molecule has 10 nitrogen and oxygen atoms in total. The average Bonchev–Trinajstić information content (AvgIpc) is 3.16. The lowest BCUT2D eigenvalue weighted by Crippen LogP contribution is -2.76. The first-order chi connectivity index (χ1) is 15.5. The minimum absolute atomic E-state index is 0.167. The number of anilines is 1. The molecule has 2 N–H and O–H groups in total. The molecule has 2 fully saturated rings. The summed E-state index contributed by atoms with van der Waals surface area (Å²) in [4.78, 5) is 39.3. The smallest absolute Gasteiger partial charge is 0.416 e. The zero-order valence-electron chi connectivity index (χ0n) is 17.4. The highest BCUT2D eigenvalue weighted by atomic mass is 19.4. The van der Waals surface area contributed by atoms with Crippen LogP contribution in [0.15, 0.2) is 22.6 Å². The Kier molecular flexibility index (Phi) is 4.54.